The second kappa shape index (κ2) is 10.7. The highest BCUT2D eigenvalue weighted by atomic mass is 79.9. The van der Waals surface area contributed by atoms with E-state index in [2.05, 4.69) is 21.2 Å². The Balaban J connectivity index is 1.66. The molecule has 1 atom stereocenters. The molecule has 34 heavy (non-hydrogen) atoms. The molecule has 0 aliphatic carbocycles. The Labute approximate surface area is 209 Å². The number of carbonyl (C=O) groups is 2. The zero-order valence-corrected chi connectivity index (χ0v) is 20.3. The number of halogens is 2. The van der Waals surface area contributed by atoms with Gasteiger partial charge >= 0.3 is 0 Å². The van der Waals surface area contributed by atoms with E-state index in [1.165, 1.54) is 28.8 Å². The minimum atomic E-state index is -0.561. The van der Waals surface area contributed by atoms with Crippen LogP contribution in [0.2, 0.25) is 0 Å². The van der Waals surface area contributed by atoms with E-state index in [1.54, 1.807) is 36.4 Å². The number of hydrogen-bond donors (Lipinski definition) is 1. The number of hydrogen-bond acceptors (Lipinski definition) is 4. The molecule has 0 radical (unpaired) electrons. The van der Waals surface area contributed by atoms with Crippen molar-refractivity contribution in [1.82, 2.24) is 5.32 Å². The number of nitriles is 1. The SMILES string of the molecule is N#C/C(C(=O)NCc1ccccc1)=C1/S[C@@H](Cc2ccc(F)cc2)C(=O)N1c1ccc(Br)cc1. The van der Waals surface area contributed by atoms with Gasteiger partial charge in [0.25, 0.3) is 5.91 Å². The fourth-order valence-electron chi connectivity index (χ4n) is 3.51. The number of rotatable bonds is 6. The van der Waals surface area contributed by atoms with Crippen molar-refractivity contribution in [1.29, 1.82) is 5.26 Å². The van der Waals surface area contributed by atoms with E-state index in [-0.39, 0.29) is 28.9 Å². The largest absolute Gasteiger partial charge is 0.347 e. The first-order valence-electron chi connectivity index (χ1n) is 10.4. The van der Waals surface area contributed by atoms with Crippen LogP contribution in [0.15, 0.2) is 93.9 Å². The highest BCUT2D eigenvalue weighted by Crippen LogP contribution is 2.42. The minimum absolute atomic E-state index is 0.126. The van der Waals surface area contributed by atoms with Crippen molar-refractivity contribution in [3.8, 4) is 6.07 Å². The molecule has 3 aromatic carbocycles. The zero-order chi connectivity index (χ0) is 24.1. The topological polar surface area (TPSA) is 73.2 Å². The van der Waals surface area contributed by atoms with Crippen LogP contribution in [0.5, 0.6) is 0 Å². The first-order chi connectivity index (χ1) is 16.5. The summed E-state index contributed by atoms with van der Waals surface area (Å²) in [6, 6.07) is 24.4. The Morgan fingerprint density at radius 2 is 1.71 bits per heavy atom. The van der Waals surface area contributed by atoms with Gasteiger partial charge in [-0.25, -0.2) is 4.39 Å². The highest BCUT2D eigenvalue weighted by Gasteiger charge is 2.40. The number of benzene rings is 3. The molecule has 170 valence electrons. The van der Waals surface area contributed by atoms with Crippen LogP contribution in [0.25, 0.3) is 0 Å². The molecule has 1 aliphatic rings. The summed E-state index contributed by atoms with van der Waals surface area (Å²) in [6.07, 6.45) is 0.338. The molecule has 8 heteroatoms. The van der Waals surface area contributed by atoms with Gasteiger partial charge in [0, 0.05) is 16.7 Å². The minimum Gasteiger partial charge on any atom is -0.347 e. The molecule has 1 saturated heterocycles. The number of nitrogens with zero attached hydrogens (tertiary/aromatic N) is 2. The summed E-state index contributed by atoms with van der Waals surface area (Å²) in [6.45, 7) is 0.258. The maximum Gasteiger partial charge on any atom is 0.264 e. The fourth-order valence-corrected chi connectivity index (χ4v) is 5.09. The predicted octanol–water partition coefficient (Wildman–Crippen LogP) is 5.33. The number of amides is 2. The molecule has 1 N–H and O–H groups in total. The van der Waals surface area contributed by atoms with E-state index in [9.17, 15) is 19.2 Å². The average molecular weight is 536 g/mol. The average Bonchev–Trinajstić information content (AvgIpc) is 3.16. The van der Waals surface area contributed by atoms with Gasteiger partial charge in [-0.1, -0.05) is 70.2 Å². The van der Waals surface area contributed by atoms with Gasteiger partial charge in [0.2, 0.25) is 5.91 Å². The van der Waals surface area contributed by atoms with Gasteiger partial charge in [0.05, 0.1) is 5.25 Å². The molecule has 1 aliphatic heterocycles. The van der Waals surface area contributed by atoms with Crippen LogP contribution in [0.1, 0.15) is 11.1 Å². The second-order valence-corrected chi connectivity index (χ2v) is 9.65. The number of nitrogens with one attached hydrogen (secondary N) is 1. The van der Waals surface area contributed by atoms with Gasteiger partial charge in [-0.2, -0.15) is 5.26 Å². The smallest absolute Gasteiger partial charge is 0.264 e. The van der Waals surface area contributed by atoms with E-state index in [1.807, 2.05) is 36.4 Å². The van der Waals surface area contributed by atoms with Crippen LogP contribution in [0, 0.1) is 17.1 Å². The predicted molar refractivity (Wildman–Crippen MR) is 134 cm³/mol. The van der Waals surface area contributed by atoms with Gasteiger partial charge in [0.15, 0.2) is 0 Å². The van der Waals surface area contributed by atoms with Gasteiger partial charge in [-0.15, -0.1) is 0 Å². The van der Waals surface area contributed by atoms with Gasteiger partial charge in [-0.3, -0.25) is 14.5 Å². The zero-order valence-electron chi connectivity index (χ0n) is 17.9. The monoisotopic (exact) mass is 535 g/mol. The quantitative estimate of drug-likeness (QED) is 0.342. The Morgan fingerprint density at radius 3 is 2.35 bits per heavy atom. The molecule has 0 spiro atoms. The summed E-state index contributed by atoms with van der Waals surface area (Å²) in [4.78, 5) is 27.8. The first kappa shape index (κ1) is 23.7. The Hall–Kier alpha value is -3.41. The van der Waals surface area contributed by atoms with E-state index >= 15 is 0 Å². The third kappa shape index (κ3) is 5.38. The van der Waals surface area contributed by atoms with Crippen LogP contribution in [0.4, 0.5) is 10.1 Å². The molecule has 0 aromatic heterocycles. The van der Waals surface area contributed by atoms with E-state index in [4.69, 9.17) is 0 Å². The van der Waals surface area contributed by atoms with E-state index < -0.39 is 11.2 Å². The Bertz CT molecular complexity index is 1270. The molecule has 2 amide bonds. The number of anilines is 1. The van der Waals surface area contributed by atoms with Crippen LogP contribution in [-0.2, 0) is 22.6 Å². The lowest BCUT2D eigenvalue weighted by atomic mass is 10.1. The van der Waals surface area contributed by atoms with E-state index in [0.29, 0.717) is 12.1 Å². The van der Waals surface area contributed by atoms with Crippen LogP contribution in [-0.4, -0.2) is 17.1 Å². The Kier molecular flexibility index (Phi) is 7.46. The molecule has 0 saturated carbocycles. The third-order valence-electron chi connectivity index (χ3n) is 5.22. The van der Waals surface area contributed by atoms with Crippen molar-refractivity contribution in [3.05, 3.63) is 111 Å². The van der Waals surface area contributed by atoms with Crippen LogP contribution >= 0.6 is 27.7 Å². The lowest BCUT2D eigenvalue weighted by molar-refractivity contribution is -0.117. The summed E-state index contributed by atoms with van der Waals surface area (Å²) >= 11 is 4.56. The molecule has 4 rings (SSSR count). The Morgan fingerprint density at radius 1 is 1.03 bits per heavy atom. The van der Waals surface area contributed by atoms with Crippen molar-refractivity contribution < 1.29 is 14.0 Å². The van der Waals surface area contributed by atoms with Crippen molar-refractivity contribution in [2.45, 2.75) is 18.2 Å². The van der Waals surface area contributed by atoms with Crippen molar-refractivity contribution in [2.24, 2.45) is 0 Å². The summed E-state index contributed by atoms with van der Waals surface area (Å²) in [5.74, 6) is -1.14. The van der Waals surface area contributed by atoms with Crippen molar-refractivity contribution in [2.75, 3.05) is 4.90 Å². The van der Waals surface area contributed by atoms with E-state index in [0.717, 1.165) is 15.6 Å². The molecule has 5 nitrogen and oxygen atoms in total. The standard InChI is InChI=1S/C26H19BrFN3O2S/c27-19-8-12-21(13-9-19)31-25(33)23(14-17-6-10-20(28)11-7-17)34-26(31)22(15-29)24(32)30-16-18-4-2-1-3-5-18/h1-13,23H,14,16H2,(H,30,32)/b26-22-/t23-/m0/s1. The molecular formula is C26H19BrFN3O2S. The van der Waals surface area contributed by atoms with Gasteiger partial charge < -0.3 is 5.32 Å². The molecule has 0 unspecified atom stereocenters. The maximum absolute atomic E-state index is 13.4. The molecule has 0 bridgehead atoms. The molecular weight excluding hydrogens is 517 g/mol. The van der Waals surface area contributed by atoms with Crippen LogP contribution in [0.3, 0.4) is 0 Å². The summed E-state index contributed by atoms with van der Waals surface area (Å²) < 4.78 is 14.2. The van der Waals surface area contributed by atoms with Crippen molar-refractivity contribution >= 4 is 45.2 Å². The summed E-state index contributed by atoms with van der Waals surface area (Å²) in [5.41, 5.74) is 2.11. The first-order valence-corrected chi connectivity index (χ1v) is 12.1. The third-order valence-corrected chi connectivity index (χ3v) is 7.01. The highest BCUT2D eigenvalue weighted by molar-refractivity contribution is 9.10. The summed E-state index contributed by atoms with van der Waals surface area (Å²) in [5, 5.41) is 12.4. The maximum atomic E-state index is 13.4. The lowest BCUT2D eigenvalue weighted by Crippen LogP contribution is -2.32. The van der Waals surface area contributed by atoms with Crippen LogP contribution < -0.4 is 10.2 Å². The summed E-state index contributed by atoms with van der Waals surface area (Å²) in [7, 11) is 0. The molecule has 3 aromatic rings. The molecule has 1 fully saturated rings. The molecule has 1 heterocycles. The van der Waals surface area contributed by atoms with Crippen molar-refractivity contribution in [3.63, 3.8) is 0 Å². The number of carbonyl (C=O) groups excluding carboxylic acids is 2. The second-order valence-electron chi connectivity index (χ2n) is 7.55. The lowest BCUT2D eigenvalue weighted by Gasteiger charge is -2.19. The van der Waals surface area contributed by atoms with Gasteiger partial charge in [0.1, 0.15) is 22.5 Å². The normalized spacial score (nSPS) is 16.8. The fraction of sp³-hybridized carbons (Fsp3) is 0.115. The number of thioether (sulfide) groups is 1. The van der Waals surface area contributed by atoms with Gasteiger partial charge in [-0.05, 0) is 53.9 Å².